The third-order valence-corrected chi connectivity index (χ3v) is 6.18. The number of carbonyl (C=O) groups excluding carboxylic acids is 1. The Labute approximate surface area is 201 Å². The van der Waals surface area contributed by atoms with Crippen LogP contribution in [0.5, 0.6) is 0 Å². The molecule has 164 valence electrons. The Bertz CT molecular complexity index is 1540. The van der Waals surface area contributed by atoms with Crippen LogP contribution in [-0.4, -0.2) is 15.5 Å². The van der Waals surface area contributed by atoms with Crippen LogP contribution in [-0.2, 0) is 11.3 Å². The second-order valence-electron chi connectivity index (χ2n) is 6.71. The van der Waals surface area contributed by atoms with Crippen LogP contribution in [0.4, 0.5) is 5.69 Å². The van der Waals surface area contributed by atoms with Crippen molar-refractivity contribution in [2.45, 2.75) is 6.54 Å². The molecule has 1 amide bonds. The summed E-state index contributed by atoms with van der Waals surface area (Å²) in [5, 5.41) is 13.1. The minimum absolute atomic E-state index is 0.0495. The van der Waals surface area contributed by atoms with Crippen molar-refractivity contribution in [3.05, 3.63) is 102 Å². The molecule has 0 aliphatic carbocycles. The van der Waals surface area contributed by atoms with Crippen molar-refractivity contribution in [1.29, 1.82) is 5.26 Å². The topological polar surface area (TPSA) is 101 Å². The van der Waals surface area contributed by atoms with Gasteiger partial charge in [-0.05, 0) is 48.5 Å². The first-order valence-corrected chi connectivity index (χ1v) is 11.1. The van der Waals surface area contributed by atoms with Crippen LogP contribution in [0.25, 0.3) is 11.6 Å². The van der Waals surface area contributed by atoms with E-state index in [1.807, 2.05) is 6.07 Å². The van der Waals surface area contributed by atoms with Gasteiger partial charge in [0, 0.05) is 11.2 Å². The Morgan fingerprint density at radius 2 is 2.09 bits per heavy atom. The number of nitrogens with one attached hydrogen (secondary N) is 1. The average molecular weight is 497 g/mol. The van der Waals surface area contributed by atoms with Crippen molar-refractivity contribution in [3.63, 3.8) is 0 Å². The number of pyridine rings is 1. The number of aromatic nitrogens is 2. The molecule has 0 bridgehead atoms. The smallest absolute Gasteiger partial charge is 0.269 e. The molecule has 0 aliphatic heterocycles. The van der Waals surface area contributed by atoms with Crippen LogP contribution >= 0.6 is 34.5 Å². The second-order valence-corrected chi connectivity index (χ2v) is 8.58. The number of halogens is 2. The van der Waals surface area contributed by atoms with Crippen LogP contribution in [0.1, 0.15) is 11.5 Å². The highest BCUT2D eigenvalue weighted by atomic mass is 35.5. The number of hydrogen-bond acceptors (Lipinski definition) is 6. The summed E-state index contributed by atoms with van der Waals surface area (Å²) in [4.78, 5) is 30.4. The quantitative estimate of drug-likeness (QED) is 0.456. The van der Waals surface area contributed by atoms with E-state index in [4.69, 9.17) is 27.6 Å². The van der Waals surface area contributed by atoms with Crippen LogP contribution in [0.15, 0.2) is 70.2 Å². The lowest BCUT2D eigenvalue weighted by molar-refractivity contribution is -0.111. The monoisotopic (exact) mass is 496 g/mol. The predicted molar refractivity (Wildman–Crippen MR) is 128 cm³/mol. The van der Waals surface area contributed by atoms with Crippen LogP contribution < -0.4 is 20.1 Å². The second kappa shape index (κ2) is 9.88. The lowest BCUT2D eigenvalue weighted by Gasteiger charge is -2.07. The van der Waals surface area contributed by atoms with Gasteiger partial charge in [0.25, 0.3) is 11.5 Å². The van der Waals surface area contributed by atoms with Gasteiger partial charge in [-0.3, -0.25) is 19.1 Å². The molecule has 0 fully saturated rings. The summed E-state index contributed by atoms with van der Waals surface area (Å²) in [5.74, 6) is -0.209. The zero-order chi connectivity index (χ0) is 23.4. The SMILES string of the molecule is N#C/C(C(=O)Nc1ccc(Cl)cc1Cl)=c1/s/c(=C\c2ccccn2)c(=O)n1Cc1ccco1. The van der Waals surface area contributed by atoms with Crippen LogP contribution in [0.3, 0.4) is 0 Å². The Morgan fingerprint density at radius 1 is 1.24 bits per heavy atom. The number of benzene rings is 1. The molecule has 0 saturated heterocycles. The van der Waals surface area contributed by atoms with E-state index in [1.165, 1.54) is 23.0 Å². The molecule has 1 N–H and O–H groups in total. The van der Waals surface area contributed by atoms with Gasteiger partial charge in [0.15, 0.2) is 5.57 Å². The first kappa shape index (κ1) is 22.6. The molecule has 0 saturated carbocycles. The number of anilines is 1. The molecule has 0 spiro atoms. The highest BCUT2D eigenvalue weighted by molar-refractivity contribution is 7.07. The summed E-state index contributed by atoms with van der Waals surface area (Å²) in [6, 6.07) is 15.2. The molecule has 1 aromatic carbocycles. The molecule has 3 aromatic heterocycles. The number of nitrogens with zero attached hydrogens (tertiary/aromatic N) is 3. The Kier molecular flexibility index (Phi) is 6.75. The van der Waals surface area contributed by atoms with E-state index in [0.717, 1.165) is 11.3 Å². The van der Waals surface area contributed by atoms with Gasteiger partial charge in [-0.15, -0.1) is 11.3 Å². The molecule has 10 heteroatoms. The molecule has 3 heterocycles. The van der Waals surface area contributed by atoms with Crippen molar-refractivity contribution < 1.29 is 9.21 Å². The Hall–Kier alpha value is -3.64. The van der Waals surface area contributed by atoms with Crippen LogP contribution in [0.2, 0.25) is 10.0 Å². The maximum absolute atomic E-state index is 13.2. The van der Waals surface area contributed by atoms with Crippen molar-refractivity contribution in [2.24, 2.45) is 0 Å². The molecule has 7 nitrogen and oxygen atoms in total. The first-order valence-electron chi connectivity index (χ1n) is 9.52. The van der Waals surface area contributed by atoms with Crippen molar-refractivity contribution in [3.8, 4) is 6.07 Å². The van der Waals surface area contributed by atoms with E-state index >= 15 is 0 Å². The third-order valence-electron chi connectivity index (χ3n) is 4.50. The number of amides is 1. The van der Waals surface area contributed by atoms with Gasteiger partial charge >= 0.3 is 0 Å². The van der Waals surface area contributed by atoms with Gasteiger partial charge in [-0.25, -0.2) is 0 Å². The lowest BCUT2D eigenvalue weighted by Crippen LogP contribution is -2.33. The number of nitriles is 1. The van der Waals surface area contributed by atoms with E-state index in [2.05, 4.69) is 10.3 Å². The molecule has 4 rings (SSSR count). The highest BCUT2D eigenvalue weighted by Crippen LogP contribution is 2.25. The number of furan rings is 1. The molecule has 0 aliphatic rings. The molecule has 4 aromatic rings. The van der Waals surface area contributed by atoms with Gasteiger partial charge in [-0.2, -0.15) is 5.26 Å². The van der Waals surface area contributed by atoms with E-state index in [-0.39, 0.29) is 33.0 Å². The van der Waals surface area contributed by atoms with E-state index in [0.29, 0.717) is 21.0 Å². The molecule has 33 heavy (non-hydrogen) atoms. The van der Waals surface area contributed by atoms with Gasteiger partial charge in [-0.1, -0.05) is 29.3 Å². The maximum Gasteiger partial charge on any atom is 0.269 e. The Balaban J connectivity index is 1.88. The molecule has 0 radical (unpaired) electrons. The summed E-state index contributed by atoms with van der Waals surface area (Å²) in [5.41, 5.74) is 0.247. The fourth-order valence-electron chi connectivity index (χ4n) is 2.97. The van der Waals surface area contributed by atoms with E-state index < -0.39 is 5.91 Å². The minimum Gasteiger partial charge on any atom is -0.467 e. The fraction of sp³-hybridized carbons (Fsp3) is 0.0435. The first-order chi connectivity index (χ1) is 16.0. The summed E-state index contributed by atoms with van der Waals surface area (Å²) in [6.07, 6.45) is 4.70. The zero-order valence-corrected chi connectivity index (χ0v) is 19.1. The third kappa shape index (κ3) is 5.07. The standard InChI is InChI=1S/C23H14Cl2N4O3S/c24-14-6-7-19(18(25)10-14)28-21(30)17(12-26)23-29(13-16-5-3-9-32-16)22(31)20(33-23)11-15-4-1-2-8-27-15/h1-11H,13H2,(H,28,30)/b20-11-,23-17-. The summed E-state index contributed by atoms with van der Waals surface area (Å²) in [6.45, 7) is 0.0495. The number of hydrogen-bond donors (Lipinski definition) is 1. The van der Waals surface area contributed by atoms with Crippen molar-refractivity contribution >= 4 is 57.8 Å². The van der Waals surface area contributed by atoms with E-state index in [1.54, 1.807) is 48.7 Å². The minimum atomic E-state index is -0.708. The summed E-state index contributed by atoms with van der Waals surface area (Å²) in [7, 11) is 0. The maximum atomic E-state index is 13.2. The average Bonchev–Trinajstić information content (AvgIpc) is 3.42. The van der Waals surface area contributed by atoms with Gasteiger partial charge in [0.2, 0.25) is 0 Å². The summed E-state index contributed by atoms with van der Waals surface area (Å²) >= 11 is 13.1. The number of carbonyl (C=O) groups is 1. The molecular weight excluding hydrogens is 483 g/mol. The van der Waals surface area contributed by atoms with Crippen molar-refractivity contribution in [1.82, 2.24) is 9.55 Å². The van der Waals surface area contributed by atoms with Gasteiger partial charge < -0.3 is 9.73 Å². The molecule has 0 atom stereocenters. The van der Waals surface area contributed by atoms with E-state index in [9.17, 15) is 14.9 Å². The largest absolute Gasteiger partial charge is 0.467 e. The Morgan fingerprint density at radius 3 is 2.76 bits per heavy atom. The molecular formula is C23H14Cl2N4O3S. The summed E-state index contributed by atoms with van der Waals surface area (Å²) < 4.78 is 7.21. The zero-order valence-electron chi connectivity index (χ0n) is 16.8. The van der Waals surface area contributed by atoms with Crippen molar-refractivity contribution in [2.75, 3.05) is 5.32 Å². The van der Waals surface area contributed by atoms with Gasteiger partial charge in [0.05, 0.1) is 33.7 Å². The normalized spacial score (nSPS) is 12.3. The predicted octanol–water partition coefficient (Wildman–Crippen LogP) is 3.39. The van der Waals surface area contributed by atoms with Gasteiger partial charge in [0.1, 0.15) is 16.5 Å². The molecule has 0 unspecified atom stereocenters. The number of rotatable bonds is 5. The fourth-order valence-corrected chi connectivity index (χ4v) is 4.51. The lowest BCUT2D eigenvalue weighted by atomic mass is 10.2. The number of thiazole rings is 1. The highest BCUT2D eigenvalue weighted by Gasteiger charge is 2.18. The van der Waals surface area contributed by atoms with Crippen LogP contribution in [0, 0.1) is 11.3 Å².